The molecule has 2 atom stereocenters. The Morgan fingerprint density at radius 1 is 0.553 bits per heavy atom. The SMILES string of the molecule is C[C@H](CC(=O)Oc1ccccc1N=Nc1ccccc1OC(=O)C[C@H](C)c1ccccc1)c1ccccc1. The molecule has 0 fully saturated rings. The monoisotopic (exact) mass is 506 g/mol. The van der Waals surface area contributed by atoms with Crippen molar-refractivity contribution < 1.29 is 19.1 Å². The average Bonchev–Trinajstić information content (AvgIpc) is 2.94. The number of hydrogen-bond donors (Lipinski definition) is 0. The van der Waals surface area contributed by atoms with E-state index in [1.54, 1.807) is 48.5 Å². The summed E-state index contributed by atoms with van der Waals surface area (Å²) in [4.78, 5) is 25.3. The van der Waals surface area contributed by atoms with Gasteiger partial charge < -0.3 is 9.47 Å². The van der Waals surface area contributed by atoms with Crippen LogP contribution in [0.15, 0.2) is 119 Å². The van der Waals surface area contributed by atoms with Gasteiger partial charge in [0.1, 0.15) is 11.4 Å². The van der Waals surface area contributed by atoms with Crippen LogP contribution in [0.3, 0.4) is 0 Å². The summed E-state index contributed by atoms with van der Waals surface area (Å²) >= 11 is 0. The summed E-state index contributed by atoms with van der Waals surface area (Å²) in [6, 6.07) is 33.6. The van der Waals surface area contributed by atoms with Crippen LogP contribution in [0.25, 0.3) is 0 Å². The number of esters is 2. The van der Waals surface area contributed by atoms with Crippen LogP contribution in [-0.2, 0) is 9.59 Å². The molecule has 0 amide bonds. The highest BCUT2D eigenvalue weighted by Crippen LogP contribution is 2.33. The predicted octanol–water partition coefficient (Wildman–Crippen LogP) is 8.30. The van der Waals surface area contributed by atoms with E-state index >= 15 is 0 Å². The molecule has 4 aromatic carbocycles. The zero-order valence-electron chi connectivity index (χ0n) is 21.5. The number of para-hydroxylation sites is 2. The van der Waals surface area contributed by atoms with Crippen molar-refractivity contribution in [1.29, 1.82) is 0 Å². The third-order valence-corrected chi connectivity index (χ3v) is 6.13. The van der Waals surface area contributed by atoms with Crippen molar-refractivity contribution in [2.45, 2.75) is 38.5 Å². The Morgan fingerprint density at radius 2 is 0.895 bits per heavy atom. The molecule has 0 heterocycles. The summed E-state index contributed by atoms with van der Waals surface area (Å²) in [7, 11) is 0. The first kappa shape index (κ1) is 26.5. The third kappa shape index (κ3) is 7.46. The van der Waals surface area contributed by atoms with Crippen LogP contribution in [0, 0.1) is 0 Å². The topological polar surface area (TPSA) is 77.3 Å². The minimum Gasteiger partial charge on any atom is -0.424 e. The number of hydrogen-bond acceptors (Lipinski definition) is 6. The Bertz CT molecular complexity index is 1280. The minimum atomic E-state index is -0.356. The second-order valence-electron chi connectivity index (χ2n) is 9.12. The van der Waals surface area contributed by atoms with Gasteiger partial charge in [-0.1, -0.05) is 98.8 Å². The molecule has 4 aromatic rings. The van der Waals surface area contributed by atoms with Gasteiger partial charge in [0.15, 0.2) is 11.5 Å². The fraction of sp³-hybridized carbons (Fsp3) is 0.188. The molecule has 0 unspecified atom stereocenters. The Hall–Kier alpha value is -4.58. The fourth-order valence-corrected chi connectivity index (χ4v) is 3.99. The zero-order chi connectivity index (χ0) is 26.7. The maximum atomic E-state index is 12.6. The van der Waals surface area contributed by atoms with Crippen LogP contribution in [0.1, 0.15) is 49.7 Å². The summed E-state index contributed by atoms with van der Waals surface area (Å²) in [5.41, 5.74) is 2.93. The minimum absolute atomic E-state index is 0.0173. The lowest BCUT2D eigenvalue weighted by Crippen LogP contribution is -2.11. The number of ether oxygens (including phenoxy) is 2. The van der Waals surface area contributed by atoms with Crippen molar-refractivity contribution in [2.24, 2.45) is 10.2 Å². The first-order valence-corrected chi connectivity index (χ1v) is 12.6. The van der Waals surface area contributed by atoms with Gasteiger partial charge in [0.05, 0.1) is 12.8 Å². The van der Waals surface area contributed by atoms with Crippen LogP contribution in [-0.4, -0.2) is 11.9 Å². The largest absolute Gasteiger partial charge is 0.424 e. The molecule has 0 spiro atoms. The van der Waals surface area contributed by atoms with Gasteiger partial charge in [-0.3, -0.25) is 9.59 Å². The van der Waals surface area contributed by atoms with Crippen LogP contribution in [0.4, 0.5) is 11.4 Å². The molecule has 38 heavy (non-hydrogen) atoms. The summed E-state index contributed by atoms with van der Waals surface area (Å²) in [5, 5.41) is 8.60. The number of carbonyl (C=O) groups excluding carboxylic acids is 2. The number of nitrogens with zero attached hydrogens (tertiary/aromatic N) is 2. The number of carbonyl (C=O) groups is 2. The summed E-state index contributed by atoms with van der Waals surface area (Å²) in [5.74, 6) is -0.0515. The molecule has 0 aliphatic heterocycles. The molecular weight excluding hydrogens is 476 g/mol. The lowest BCUT2D eigenvalue weighted by molar-refractivity contribution is -0.135. The van der Waals surface area contributed by atoms with E-state index in [-0.39, 0.29) is 36.6 Å². The van der Waals surface area contributed by atoms with Crippen molar-refractivity contribution in [3.05, 3.63) is 120 Å². The fourth-order valence-electron chi connectivity index (χ4n) is 3.99. The molecule has 192 valence electrons. The molecule has 0 saturated carbocycles. The number of benzene rings is 4. The third-order valence-electron chi connectivity index (χ3n) is 6.13. The lowest BCUT2D eigenvalue weighted by Gasteiger charge is -2.12. The maximum absolute atomic E-state index is 12.6. The van der Waals surface area contributed by atoms with E-state index in [2.05, 4.69) is 10.2 Å². The molecule has 0 aliphatic carbocycles. The van der Waals surface area contributed by atoms with Crippen molar-refractivity contribution >= 4 is 23.3 Å². The van der Waals surface area contributed by atoms with Crippen molar-refractivity contribution in [3.63, 3.8) is 0 Å². The van der Waals surface area contributed by atoms with Crippen molar-refractivity contribution in [2.75, 3.05) is 0 Å². The first-order chi connectivity index (χ1) is 18.5. The van der Waals surface area contributed by atoms with E-state index < -0.39 is 0 Å². The Labute approximate surface area is 223 Å². The van der Waals surface area contributed by atoms with Gasteiger partial charge >= 0.3 is 11.9 Å². The molecule has 0 aromatic heterocycles. The smallest absolute Gasteiger partial charge is 0.311 e. The molecule has 0 radical (unpaired) electrons. The molecule has 0 N–H and O–H groups in total. The number of azo groups is 1. The highest BCUT2D eigenvalue weighted by atomic mass is 16.5. The molecular formula is C32H30N2O4. The first-order valence-electron chi connectivity index (χ1n) is 12.6. The van der Waals surface area contributed by atoms with E-state index in [1.165, 1.54) is 0 Å². The Morgan fingerprint density at radius 3 is 1.29 bits per heavy atom. The molecule has 6 nitrogen and oxygen atoms in total. The standard InChI is InChI=1S/C32H30N2O4/c1-23(25-13-5-3-6-14-25)21-31(35)37-29-19-11-9-17-27(29)33-34-28-18-10-12-20-30(28)38-32(36)22-24(2)26-15-7-4-8-16-26/h3-20,23-24H,21-22H2,1-2H3/t23-,24+. The summed E-state index contributed by atoms with van der Waals surface area (Å²) < 4.78 is 11.3. The van der Waals surface area contributed by atoms with Crippen LogP contribution >= 0.6 is 0 Å². The Kier molecular flexibility index (Phi) is 9.13. The van der Waals surface area contributed by atoms with Gasteiger partial charge in [-0.05, 0) is 47.2 Å². The highest BCUT2D eigenvalue weighted by molar-refractivity contribution is 5.76. The number of rotatable bonds is 10. The summed E-state index contributed by atoms with van der Waals surface area (Å²) in [6.07, 6.45) is 0.464. The van der Waals surface area contributed by atoms with Crippen LogP contribution in [0.5, 0.6) is 11.5 Å². The lowest BCUT2D eigenvalue weighted by atomic mass is 9.98. The normalized spacial score (nSPS) is 12.6. The summed E-state index contributed by atoms with van der Waals surface area (Å²) in [6.45, 7) is 3.97. The van der Waals surface area contributed by atoms with Gasteiger partial charge in [0, 0.05) is 0 Å². The molecule has 4 rings (SSSR count). The van der Waals surface area contributed by atoms with Gasteiger partial charge in [-0.15, -0.1) is 10.2 Å². The Balaban J connectivity index is 1.42. The second kappa shape index (κ2) is 13.1. The van der Waals surface area contributed by atoms with E-state index in [9.17, 15) is 9.59 Å². The van der Waals surface area contributed by atoms with Gasteiger partial charge in [0.25, 0.3) is 0 Å². The molecule has 0 bridgehead atoms. The molecule has 0 saturated heterocycles. The van der Waals surface area contributed by atoms with Gasteiger partial charge in [-0.25, -0.2) is 0 Å². The molecule has 0 aliphatic rings. The van der Waals surface area contributed by atoms with E-state index in [0.29, 0.717) is 22.9 Å². The maximum Gasteiger partial charge on any atom is 0.311 e. The zero-order valence-corrected chi connectivity index (χ0v) is 21.5. The van der Waals surface area contributed by atoms with Crippen LogP contribution in [0.2, 0.25) is 0 Å². The van der Waals surface area contributed by atoms with Gasteiger partial charge in [0.2, 0.25) is 0 Å². The average molecular weight is 507 g/mol. The second-order valence-corrected chi connectivity index (χ2v) is 9.12. The quantitative estimate of drug-likeness (QED) is 0.123. The van der Waals surface area contributed by atoms with Gasteiger partial charge in [-0.2, -0.15) is 0 Å². The van der Waals surface area contributed by atoms with Crippen molar-refractivity contribution in [1.82, 2.24) is 0 Å². The highest BCUT2D eigenvalue weighted by Gasteiger charge is 2.16. The van der Waals surface area contributed by atoms with E-state index in [4.69, 9.17) is 9.47 Å². The van der Waals surface area contributed by atoms with Crippen molar-refractivity contribution in [3.8, 4) is 11.5 Å². The van der Waals surface area contributed by atoms with Crippen LogP contribution < -0.4 is 9.47 Å². The van der Waals surface area contributed by atoms with E-state index in [1.807, 2.05) is 74.5 Å². The van der Waals surface area contributed by atoms with E-state index in [0.717, 1.165) is 11.1 Å². The predicted molar refractivity (Wildman–Crippen MR) is 147 cm³/mol. The molecule has 6 heteroatoms.